The lowest BCUT2D eigenvalue weighted by Gasteiger charge is -2.35. The molecule has 2 aliphatic carbocycles. The van der Waals surface area contributed by atoms with Crippen molar-refractivity contribution in [2.24, 2.45) is 11.3 Å². The molecule has 0 atom stereocenters. The second-order valence-electron chi connectivity index (χ2n) is 5.96. The molecule has 2 rings (SSSR count). The van der Waals surface area contributed by atoms with E-state index in [9.17, 15) is 0 Å². The van der Waals surface area contributed by atoms with E-state index in [4.69, 9.17) is 0 Å². The SMILES string of the molecule is CC1CCC(N(C)CC2(CBr)CC2)CC1. The predicted molar refractivity (Wildman–Crippen MR) is 69.5 cm³/mol. The van der Waals surface area contributed by atoms with Gasteiger partial charge in [0.2, 0.25) is 0 Å². The monoisotopic (exact) mass is 273 g/mol. The normalized spacial score (nSPS) is 34.4. The molecule has 2 aliphatic rings. The van der Waals surface area contributed by atoms with Crippen molar-refractivity contribution in [1.29, 1.82) is 0 Å². The maximum absolute atomic E-state index is 3.67. The van der Waals surface area contributed by atoms with E-state index in [2.05, 4.69) is 34.8 Å². The topological polar surface area (TPSA) is 3.24 Å². The van der Waals surface area contributed by atoms with Gasteiger partial charge in [0.25, 0.3) is 0 Å². The van der Waals surface area contributed by atoms with Crippen molar-refractivity contribution >= 4 is 15.9 Å². The Morgan fingerprint density at radius 2 is 1.80 bits per heavy atom. The molecule has 0 amide bonds. The average molecular weight is 274 g/mol. The van der Waals surface area contributed by atoms with E-state index in [1.54, 1.807) is 0 Å². The van der Waals surface area contributed by atoms with Crippen LogP contribution in [0.3, 0.4) is 0 Å². The van der Waals surface area contributed by atoms with E-state index >= 15 is 0 Å². The highest BCUT2D eigenvalue weighted by Crippen LogP contribution is 2.48. The molecule has 0 bridgehead atoms. The lowest BCUT2D eigenvalue weighted by Crippen LogP contribution is -2.38. The van der Waals surface area contributed by atoms with E-state index in [1.807, 2.05) is 0 Å². The molecule has 0 saturated heterocycles. The summed E-state index contributed by atoms with van der Waals surface area (Å²) >= 11 is 3.67. The minimum atomic E-state index is 0.651. The third-order valence-electron chi connectivity index (χ3n) is 4.43. The van der Waals surface area contributed by atoms with Crippen molar-refractivity contribution in [2.45, 2.75) is 51.5 Å². The number of hydrogen-bond donors (Lipinski definition) is 0. The fourth-order valence-electron chi connectivity index (χ4n) is 2.85. The Morgan fingerprint density at radius 3 is 2.27 bits per heavy atom. The maximum Gasteiger partial charge on any atom is 0.0100 e. The first-order valence-corrected chi connectivity index (χ1v) is 7.53. The Balaban J connectivity index is 1.78. The second kappa shape index (κ2) is 4.75. The van der Waals surface area contributed by atoms with Gasteiger partial charge in [-0.3, -0.25) is 0 Å². The fourth-order valence-corrected chi connectivity index (χ4v) is 3.59. The van der Waals surface area contributed by atoms with Crippen molar-refractivity contribution in [3.8, 4) is 0 Å². The third-order valence-corrected chi connectivity index (χ3v) is 5.62. The largest absolute Gasteiger partial charge is 0.303 e. The molecule has 0 spiro atoms. The summed E-state index contributed by atoms with van der Waals surface area (Å²) in [5.41, 5.74) is 0.651. The number of rotatable bonds is 4. The van der Waals surface area contributed by atoms with Crippen molar-refractivity contribution < 1.29 is 0 Å². The van der Waals surface area contributed by atoms with Gasteiger partial charge in [-0.25, -0.2) is 0 Å². The summed E-state index contributed by atoms with van der Waals surface area (Å²) in [6.45, 7) is 3.72. The second-order valence-corrected chi connectivity index (χ2v) is 6.52. The van der Waals surface area contributed by atoms with Crippen LogP contribution in [-0.2, 0) is 0 Å². The Morgan fingerprint density at radius 1 is 1.20 bits per heavy atom. The van der Waals surface area contributed by atoms with Crippen LogP contribution in [0.1, 0.15) is 45.4 Å². The van der Waals surface area contributed by atoms with Crippen LogP contribution in [0.2, 0.25) is 0 Å². The zero-order valence-corrected chi connectivity index (χ0v) is 11.7. The van der Waals surface area contributed by atoms with Gasteiger partial charge in [-0.15, -0.1) is 0 Å². The van der Waals surface area contributed by atoms with E-state index in [0.29, 0.717) is 5.41 Å². The van der Waals surface area contributed by atoms with Crippen molar-refractivity contribution in [3.63, 3.8) is 0 Å². The first kappa shape index (κ1) is 11.9. The van der Waals surface area contributed by atoms with Crippen LogP contribution in [0.15, 0.2) is 0 Å². The van der Waals surface area contributed by atoms with E-state index in [1.165, 1.54) is 50.4 Å². The molecule has 88 valence electrons. The van der Waals surface area contributed by atoms with E-state index in [-0.39, 0.29) is 0 Å². The summed E-state index contributed by atoms with van der Waals surface area (Å²) in [7, 11) is 2.34. The lowest BCUT2D eigenvalue weighted by molar-refractivity contribution is 0.149. The molecular formula is C13H24BrN. The summed E-state index contributed by atoms with van der Waals surface area (Å²) in [6.07, 6.45) is 8.61. The van der Waals surface area contributed by atoms with Gasteiger partial charge in [-0.1, -0.05) is 22.9 Å². The summed E-state index contributed by atoms with van der Waals surface area (Å²) in [5.74, 6) is 0.973. The van der Waals surface area contributed by atoms with Crippen LogP contribution in [0.4, 0.5) is 0 Å². The predicted octanol–water partition coefficient (Wildman–Crippen LogP) is 3.67. The van der Waals surface area contributed by atoms with Crippen LogP contribution >= 0.6 is 15.9 Å². The molecular weight excluding hydrogens is 250 g/mol. The van der Waals surface area contributed by atoms with Gasteiger partial charge in [-0.2, -0.15) is 0 Å². The van der Waals surface area contributed by atoms with Crippen LogP contribution in [0, 0.1) is 11.3 Å². The molecule has 0 aromatic rings. The van der Waals surface area contributed by atoms with Gasteiger partial charge in [-0.05, 0) is 56.9 Å². The molecule has 0 unspecified atom stereocenters. The van der Waals surface area contributed by atoms with Gasteiger partial charge in [0.15, 0.2) is 0 Å². The van der Waals surface area contributed by atoms with Crippen LogP contribution in [0.25, 0.3) is 0 Å². The van der Waals surface area contributed by atoms with Gasteiger partial charge in [0, 0.05) is 17.9 Å². The summed E-state index contributed by atoms with van der Waals surface area (Å²) < 4.78 is 0. The molecule has 0 N–H and O–H groups in total. The van der Waals surface area contributed by atoms with Gasteiger partial charge in [0.05, 0.1) is 0 Å². The molecule has 0 radical (unpaired) electrons. The van der Waals surface area contributed by atoms with Crippen molar-refractivity contribution in [1.82, 2.24) is 4.90 Å². The van der Waals surface area contributed by atoms with Crippen molar-refractivity contribution in [3.05, 3.63) is 0 Å². The van der Waals surface area contributed by atoms with Crippen LogP contribution < -0.4 is 0 Å². The molecule has 2 heteroatoms. The van der Waals surface area contributed by atoms with Crippen LogP contribution in [-0.4, -0.2) is 29.9 Å². The number of alkyl halides is 1. The molecule has 1 nitrogen and oxygen atoms in total. The van der Waals surface area contributed by atoms with Gasteiger partial charge >= 0.3 is 0 Å². The minimum absolute atomic E-state index is 0.651. The Bertz CT molecular complexity index is 205. The summed E-state index contributed by atoms with van der Waals surface area (Å²) in [6, 6.07) is 0.873. The molecule has 0 heterocycles. The summed E-state index contributed by atoms with van der Waals surface area (Å²) in [4.78, 5) is 2.64. The first-order valence-electron chi connectivity index (χ1n) is 6.41. The third kappa shape index (κ3) is 2.97. The zero-order chi connectivity index (χ0) is 10.9. The molecule has 0 aromatic heterocycles. The molecule has 0 aliphatic heterocycles. The Labute approximate surface area is 103 Å². The van der Waals surface area contributed by atoms with E-state index < -0.39 is 0 Å². The lowest BCUT2D eigenvalue weighted by atomic mass is 9.86. The zero-order valence-electron chi connectivity index (χ0n) is 10.1. The highest BCUT2D eigenvalue weighted by molar-refractivity contribution is 9.09. The summed E-state index contributed by atoms with van der Waals surface area (Å²) in [5, 5.41) is 1.20. The molecule has 0 aromatic carbocycles. The van der Waals surface area contributed by atoms with Crippen LogP contribution in [0.5, 0.6) is 0 Å². The van der Waals surface area contributed by atoms with E-state index in [0.717, 1.165) is 12.0 Å². The average Bonchev–Trinajstić information content (AvgIpc) is 2.99. The number of nitrogens with zero attached hydrogens (tertiary/aromatic N) is 1. The number of hydrogen-bond acceptors (Lipinski definition) is 1. The Kier molecular flexibility index (Phi) is 3.77. The fraction of sp³-hybridized carbons (Fsp3) is 1.00. The van der Waals surface area contributed by atoms with Gasteiger partial charge < -0.3 is 4.90 Å². The molecule has 2 saturated carbocycles. The maximum atomic E-state index is 3.67. The smallest absolute Gasteiger partial charge is 0.0100 e. The highest BCUT2D eigenvalue weighted by atomic mass is 79.9. The first-order chi connectivity index (χ1) is 7.15. The van der Waals surface area contributed by atoms with Gasteiger partial charge in [0.1, 0.15) is 0 Å². The highest BCUT2D eigenvalue weighted by Gasteiger charge is 2.43. The number of halogens is 1. The minimum Gasteiger partial charge on any atom is -0.303 e. The molecule has 15 heavy (non-hydrogen) atoms. The quantitative estimate of drug-likeness (QED) is 0.707. The standard InChI is InChI=1S/C13H24BrN/c1-11-3-5-12(6-4-11)15(2)10-13(9-14)7-8-13/h11-12H,3-10H2,1-2H3. The molecule has 2 fully saturated rings. The van der Waals surface area contributed by atoms with Crippen molar-refractivity contribution in [2.75, 3.05) is 18.9 Å². The Hall–Kier alpha value is 0.440.